The molecule has 0 spiro atoms. The molecule has 0 radical (unpaired) electrons. The SMILES string of the molecule is O=C(Cc1ccccc1)NC[C@H]1CC[C@H]2CN(C(=O)c3ccccc3)c3ccccc3CN12. The molecule has 0 saturated carbocycles. The molecule has 1 N–H and O–H groups in total. The third-order valence-electron chi connectivity index (χ3n) is 6.81. The minimum absolute atomic E-state index is 0.0458. The number of amides is 2. The van der Waals surface area contributed by atoms with Crippen LogP contribution in [0.1, 0.15) is 34.3 Å². The number of nitrogens with one attached hydrogen (secondary N) is 1. The molecule has 0 unspecified atom stereocenters. The lowest BCUT2D eigenvalue weighted by atomic mass is 10.1. The molecule has 0 aromatic heterocycles. The van der Waals surface area contributed by atoms with Crippen molar-refractivity contribution in [2.75, 3.05) is 18.0 Å². The van der Waals surface area contributed by atoms with E-state index in [0.29, 0.717) is 25.1 Å². The van der Waals surface area contributed by atoms with E-state index in [1.807, 2.05) is 77.7 Å². The highest BCUT2D eigenvalue weighted by atomic mass is 16.2. The number of nitrogens with zero attached hydrogens (tertiary/aromatic N) is 2. The van der Waals surface area contributed by atoms with Gasteiger partial charge in [-0.3, -0.25) is 14.5 Å². The first-order valence-corrected chi connectivity index (χ1v) is 11.7. The Labute approximate surface area is 195 Å². The van der Waals surface area contributed by atoms with Crippen LogP contribution in [-0.2, 0) is 17.8 Å². The van der Waals surface area contributed by atoms with Gasteiger partial charge in [-0.05, 0) is 42.2 Å². The molecular formula is C28H29N3O2. The highest BCUT2D eigenvalue weighted by molar-refractivity contribution is 6.06. The maximum Gasteiger partial charge on any atom is 0.258 e. The second-order valence-electron chi connectivity index (χ2n) is 8.93. The summed E-state index contributed by atoms with van der Waals surface area (Å²) in [6, 6.07) is 28.1. The zero-order valence-corrected chi connectivity index (χ0v) is 18.7. The van der Waals surface area contributed by atoms with Crippen LogP contribution in [0.25, 0.3) is 0 Å². The molecule has 2 atom stereocenters. The van der Waals surface area contributed by atoms with Crippen LogP contribution in [0.2, 0.25) is 0 Å². The monoisotopic (exact) mass is 439 g/mol. The summed E-state index contributed by atoms with van der Waals surface area (Å²) >= 11 is 0. The van der Waals surface area contributed by atoms with Crippen LogP contribution in [0, 0.1) is 0 Å². The summed E-state index contributed by atoms with van der Waals surface area (Å²) in [5.41, 5.74) is 3.89. The summed E-state index contributed by atoms with van der Waals surface area (Å²) < 4.78 is 0. The fraction of sp³-hybridized carbons (Fsp3) is 0.286. The maximum atomic E-state index is 13.4. The van der Waals surface area contributed by atoms with Gasteiger partial charge in [-0.2, -0.15) is 0 Å². The minimum atomic E-state index is 0.0458. The highest BCUT2D eigenvalue weighted by Crippen LogP contribution is 2.35. The van der Waals surface area contributed by atoms with Crippen molar-refractivity contribution in [1.82, 2.24) is 10.2 Å². The number of carbonyl (C=O) groups is 2. The quantitative estimate of drug-likeness (QED) is 0.653. The third kappa shape index (κ3) is 4.69. The van der Waals surface area contributed by atoms with Crippen molar-refractivity contribution in [2.24, 2.45) is 0 Å². The molecule has 2 aliphatic heterocycles. The van der Waals surface area contributed by atoms with Crippen molar-refractivity contribution in [3.63, 3.8) is 0 Å². The molecule has 33 heavy (non-hydrogen) atoms. The van der Waals surface area contributed by atoms with Crippen LogP contribution >= 0.6 is 0 Å². The Morgan fingerprint density at radius 2 is 1.55 bits per heavy atom. The molecule has 1 saturated heterocycles. The van der Waals surface area contributed by atoms with Gasteiger partial charge in [0.2, 0.25) is 5.91 Å². The number of anilines is 1. The summed E-state index contributed by atoms with van der Waals surface area (Å²) in [5, 5.41) is 3.15. The topological polar surface area (TPSA) is 52.7 Å². The lowest BCUT2D eigenvalue weighted by Gasteiger charge is -2.29. The second-order valence-corrected chi connectivity index (χ2v) is 8.93. The molecular weight excluding hydrogens is 410 g/mol. The Morgan fingerprint density at radius 1 is 0.848 bits per heavy atom. The van der Waals surface area contributed by atoms with E-state index < -0.39 is 0 Å². The molecule has 0 bridgehead atoms. The summed E-state index contributed by atoms with van der Waals surface area (Å²) in [6.07, 6.45) is 2.44. The first-order chi connectivity index (χ1) is 16.2. The average molecular weight is 440 g/mol. The Hall–Kier alpha value is -3.44. The fourth-order valence-electron chi connectivity index (χ4n) is 5.11. The van der Waals surface area contributed by atoms with Crippen LogP contribution < -0.4 is 10.2 Å². The Kier molecular flexibility index (Phi) is 6.22. The van der Waals surface area contributed by atoms with Crippen molar-refractivity contribution in [1.29, 1.82) is 0 Å². The molecule has 2 aliphatic rings. The predicted octanol–water partition coefficient (Wildman–Crippen LogP) is 4.04. The maximum absolute atomic E-state index is 13.4. The van der Waals surface area contributed by atoms with E-state index in [1.54, 1.807) is 0 Å². The van der Waals surface area contributed by atoms with Gasteiger partial charge in [0.25, 0.3) is 5.91 Å². The van der Waals surface area contributed by atoms with Crippen LogP contribution in [0.15, 0.2) is 84.9 Å². The van der Waals surface area contributed by atoms with Crippen LogP contribution in [0.5, 0.6) is 0 Å². The van der Waals surface area contributed by atoms with E-state index in [4.69, 9.17) is 0 Å². The van der Waals surface area contributed by atoms with E-state index in [9.17, 15) is 9.59 Å². The number of para-hydroxylation sites is 1. The van der Waals surface area contributed by atoms with Crippen LogP contribution in [-0.4, -0.2) is 41.9 Å². The summed E-state index contributed by atoms with van der Waals surface area (Å²) in [4.78, 5) is 30.4. The third-order valence-corrected chi connectivity index (χ3v) is 6.81. The first-order valence-electron chi connectivity index (χ1n) is 11.7. The molecule has 5 rings (SSSR count). The largest absolute Gasteiger partial charge is 0.354 e. The number of carbonyl (C=O) groups excluding carboxylic acids is 2. The van der Waals surface area contributed by atoms with Crippen molar-refractivity contribution >= 4 is 17.5 Å². The van der Waals surface area contributed by atoms with Gasteiger partial charge in [0.15, 0.2) is 0 Å². The van der Waals surface area contributed by atoms with Crippen LogP contribution in [0.4, 0.5) is 5.69 Å². The summed E-state index contributed by atoms with van der Waals surface area (Å²) in [5.74, 6) is 0.102. The van der Waals surface area contributed by atoms with Crippen LogP contribution in [0.3, 0.4) is 0 Å². The standard InChI is InChI=1S/C28H29N3O2/c32-27(17-21-9-3-1-4-10-21)29-18-24-15-16-25-20-31(28(33)22-11-5-2-6-12-22)26-14-8-7-13-23(26)19-30(24)25/h1-14,24-25H,15-20H2,(H,29,32)/t24-,25+/m1/s1. The molecule has 0 aliphatic carbocycles. The lowest BCUT2D eigenvalue weighted by molar-refractivity contribution is -0.120. The Bertz CT molecular complexity index is 1120. The highest BCUT2D eigenvalue weighted by Gasteiger charge is 2.38. The average Bonchev–Trinajstić information content (AvgIpc) is 3.15. The number of rotatable bonds is 5. The normalized spacial score (nSPS) is 19.9. The first kappa shape index (κ1) is 21.4. The molecule has 2 heterocycles. The fourth-order valence-corrected chi connectivity index (χ4v) is 5.11. The summed E-state index contributed by atoms with van der Waals surface area (Å²) in [6.45, 7) is 2.09. The van der Waals surface area contributed by atoms with Gasteiger partial charge in [-0.15, -0.1) is 0 Å². The van der Waals surface area contributed by atoms with E-state index in [1.165, 1.54) is 0 Å². The van der Waals surface area contributed by atoms with Crippen molar-refractivity contribution in [2.45, 2.75) is 37.9 Å². The van der Waals surface area contributed by atoms with Crippen molar-refractivity contribution in [3.8, 4) is 0 Å². The van der Waals surface area contributed by atoms with Gasteiger partial charge in [-0.1, -0.05) is 66.7 Å². The number of benzene rings is 3. The second kappa shape index (κ2) is 9.59. The Morgan fingerprint density at radius 3 is 2.33 bits per heavy atom. The number of hydrogen-bond acceptors (Lipinski definition) is 3. The number of fused-ring (bicyclic) bond motifs is 2. The van der Waals surface area contributed by atoms with Gasteiger partial charge in [-0.25, -0.2) is 0 Å². The molecule has 2 amide bonds. The zero-order valence-electron chi connectivity index (χ0n) is 18.7. The molecule has 5 heteroatoms. The van der Waals surface area contributed by atoms with E-state index in [-0.39, 0.29) is 23.9 Å². The van der Waals surface area contributed by atoms with E-state index >= 15 is 0 Å². The van der Waals surface area contributed by atoms with Gasteiger partial charge in [0.1, 0.15) is 0 Å². The van der Waals surface area contributed by atoms with Gasteiger partial charge >= 0.3 is 0 Å². The molecule has 3 aromatic rings. The minimum Gasteiger partial charge on any atom is -0.354 e. The summed E-state index contributed by atoms with van der Waals surface area (Å²) in [7, 11) is 0. The molecule has 1 fully saturated rings. The lowest BCUT2D eigenvalue weighted by Crippen LogP contribution is -2.46. The van der Waals surface area contributed by atoms with Crippen molar-refractivity contribution < 1.29 is 9.59 Å². The molecule has 3 aromatic carbocycles. The van der Waals surface area contributed by atoms with E-state index in [2.05, 4.69) is 22.3 Å². The van der Waals surface area contributed by atoms with Gasteiger partial charge < -0.3 is 10.2 Å². The van der Waals surface area contributed by atoms with E-state index in [0.717, 1.165) is 36.2 Å². The smallest absolute Gasteiger partial charge is 0.258 e. The van der Waals surface area contributed by atoms with Gasteiger partial charge in [0.05, 0.1) is 6.42 Å². The molecule has 168 valence electrons. The zero-order chi connectivity index (χ0) is 22.6. The molecule has 5 nitrogen and oxygen atoms in total. The Balaban J connectivity index is 1.31. The van der Waals surface area contributed by atoms with Gasteiger partial charge in [0, 0.05) is 43.0 Å². The van der Waals surface area contributed by atoms with Crippen molar-refractivity contribution in [3.05, 3.63) is 102 Å². The predicted molar refractivity (Wildman–Crippen MR) is 130 cm³/mol. The number of hydrogen-bond donors (Lipinski definition) is 1.